The summed E-state index contributed by atoms with van der Waals surface area (Å²) >= 11 is -2.00. The molecule has 0 aromatic carbocycles. The van der Waals surface area contributed by atoms with Gasteiger partial charge in [0.2, 0.25) is 0 Å². The Labute approximate surface area is 163 Å². The van der Waals surface area contributed by atoms with E-state index in [-0.39, 0.29) is 0 Å². The Hall–Kier alpha value is -3.09. The van der Waals surface area contributed by atoms with Crippen molar-refractivity contribution in [3.63, 3.8) is 0 Å². The van der Waals surface area contributed by atoms with Crippen molar-refractivity contribution in [1.29, 1.82) is 0 Å². The minimum atomic E-state index is -2.00. The normalized spacial score (nSPS) is 11.6. The van der Waals surface area contributed by atoms with Crippen LogP contribution in [-0.4, -0.2) is 19.9 Å². The van der Waals surface area contributed by atoms with E-state index in [2.05, 4.69) is 50.3 Å². The molecule has 0 radical (unpaired) electrons. The number of aromatic nitrogens is 4. The van der Waals surface area contributed by atoms with E-state index in [0.717, 1.165) is 44.8 Å². The number of nitrogens with zero attached hydrogens (tertiary/aromatic N) is 2. The molecular weight excluding hydrogens is 376 g/mol. The summed E-state index contributed by atoms with van der Waals surface area (Å²) in [7, 11) is 0. The van der Waals surface area contributed by atoms with Crippen LogP contribution >= 0.6 is 0 Å². The molecule has 0 amide bonds. The molecule has 27 heavy (non-hydrogen) atoms. The van der Waals surface area contributed by atoms with Gasteiger partial charge in [-0.1, -0.05) is 0 Å². The molecule has 3 aromatic heterocycles. The maximum atomic E-state index is 8.50. The Balaban J connectivity index is 0.000000565. The molecule has 3 aromatic rings. The van der Waals surface area contributed by atoms with Crippen LogP contribution in [0.5, 0.6) is 0 Å². The zero-order valence-corrected chi connectivity index (χ0v) is 15.7. The molecule has 2 aliphatic rings. The van der Waals surface area contributed by atoms with Gasteiger partial charge in [0.1, 0.15) is 0 Å². The van der Waals surface area contributed by atoms with Crippen LogP contribution in [0.1, 0.15) is 22.8 Å². The van der Waals surface area contributed by atoms with E-state index in [1.807, 2.05) is 42.5 Å². The molecule has 0 fully saturated rings. The first-order chi connectivity index (χ1) is 13.2. The third-order valence-electron chi connectivity index (χ3n) is 4.04. The van der Waals surface area contributed by atoms with Crippen molar-refractivity contribution in [2.75, 3.05) is 0 Å². The molecule has 8 bridgehead atoms. The first-order valence-electron chi connectivity index (χ1n) is 8.25. The Kier molecular flexibility index (Phi) is 4.91. The van der Waals surface area contributed by atoms with Crippen LogP contribution in [0, 0.1) is 0 Å². The number of nitrogens with one attached hydrogen (secondary N) is 2. The summed E-state index contributed by atoms with van der Waals surface area (Å²) in [6.45, 7) is 0. The second-order valence-corrected chi connectivity index (χ2v) is 6.25. The first-order valence-corrected chi connectivity index (χ1v) is 9.53. The molecule has 130 valence electrons. The summed E-state index contributed by atoms with van der Waals surface area (Å²) in [6, 6.07) is 16.4. The summed E-state index contributed by atoms with van der Waals surface area (Å²) in [5.74, 6) is 0. The van der Waals surface area contributed by atoms with Gasteiger partial charge in [-0.15, -0.1) is 0 Å². The molecule has 5 rings (SSSR count). The van der Waals surface area contributed by atoms with E-state index in [1.54, 1.807) is 0 Å². The third-order valence-corrected chi connectivity index (χ3v) is 4.04. The van der Waals surface area contributed by atoms with Gasteiger partial charge in [-0.05, 0) is 72.8 Å². The molecule has 0 unspecified atom stereocenters. The Morgan fingerprint density at radius 3 is 1.30 bits per heavy atom. The Bertz CT molecular complexity index is 1170. The van der Waals surface area contributed by atoms with Gasteiger partial charge in [0, 0.05) is 22.1 Å². The molecule has 5 heterocycles. The van der Waals surface area contributed by atoms with E-state index in [4.69, 9.17) is 6.65 Å². The summed E-state index contributed by atoms with van der Waals surface area (Å²) in [6.07, 6.45) is 8.05. The molecule has 0 saturated carbocycles. The minimum absolute atomic E-state index is 0.915. The average Bonchev–Trinajstić information content (AvgIpc) is 3.41. The molecule has 0 saturated heterocycles. The molecular formula is C20H14N4O2Ti. The number of H-pyrrole nitrogens is 2. The predicted molar refractivity (Wildman–Crippen MR) is 100 cm³/mol. The van der Waals surface area contributed by atoms with Gasteiger partial charge in [0.05, 0.1) is 22.8 Å². The van der Waals surface area contributed by atoms with Crippen LogP contribution in [0.2, 0.25) is 0 Å². The Morgan fingerprint density at radius 1 is 0.556 bits per heavy atom. The van der Waals surface area contributed by atoms with Crippen molar-refractivity contribution < 1.29 is 25.7 Å². The molecule has 0 spiro atoms. The predicted octanol–water partition coefficient (Wildman–Crippen LogP) is 4.42. The van der Waals surface area contributed by atoms with Gasteiger partial charge in [0.25, 0.3) is 0 Å². The van der Waals surface area contributed by atoms with E-state index in [1.165, 1.54) is 0 Å². The van der Waals surface area contributed by atoms with Crippen LogP contribution < -0.4 is 0 Å². The third kappa shape index (κ3) is 4.19. The van der Waals surface area contributed by atoms with Crippen LogP contribution in [0.15, 0.2) is 48.5 Å². The van der Waals surface area contributed by atoms with Gasteiger partial charge < -0.3 is 9.97 Å². The summed E-state index contributed by atoms with van der Waals surface area (Å²) in [5, 5.41) is 0. The molecule has 0 atom stereocenters. The van der Waals surface area contributed by atoms with Crippen LogP contribution in [0.3, 0.4) is 0 Å². The number of hydrogen-bond acceptors (Lipinski definition) is 4. The van der Waals surface area contributed by atoms with E-state index in [0.29, 0.717) is 0 Å². The fraction of sp³-hybridized carbons (Fsp3) is 0. The zero-order chi connectivity index (χ0) is 18.6. The topological polar surface area (TPSA) is 91.5 Å². The van der Waals surface area contributed by atoms with Gasteiger partial charge >= 0.3 is 25.7 Å². The van der Waals surface area contributed by atoms with Gasteiger partial charge in [-0.3, -0.25) is 0 Å². The monoisotopic (exact) mass is 390 g/mol. The summed E-state index contributed by atoms with van der Waals surface area (Å²) in [4.78, 5) is 16.0. The number of hydrogen-bond donors (Lipinski definition) is 2. The quantitative estimate of drug-likeness (QED) is 0.383. The summed E-state index contributed by atoms with van der Waals surface area (Å²) < 4.78 is 17.0. The molecule has 6 nitrogen and oxygen atoms in total. The first kappa shape index (κ1) is 17.3. The second kappa shape index (κ2) is 7.66. The second-order valence-electron chi connectivity index (χ2n) is 5.99. The van der Waals surface area contributed by atoms with Gasteiger partial charge in [0.15, 0.2) is 0 Å². The van der Waals surface area contributed by atoms with Crippen molar-refractivity contribution in [2.24, 2.45) is 0 Å². The number of fused-ring (bicyclic) bond motifs is 8. The van der Waals surface area contributed by atoms with Crippen molar-refractivity contribution in [2.45, 2.75) is 0 Å². The number of rotatable bonds is 0. The van der Waals surface area contributed by atoms with Crippen molar-refractivity contribution in [1.82, 2.24) is 19.9 Å². The standard InChI is InChI=1S/C20H14N4.2O.Ti/c1-2-14-10-16-5-6-18(23-16)12-20-8-7-19(24-20)11-17-4-3-15(22-17)9-13(1)21-14;;;/h1-12,21-22H;;;. The zero-order valence-electron chi connectivity index (χ0n) is 14.1. The fourth-order valence-corrected chi connectivity index (χ4v) is 2.94. The van der Waals surface area contributed by atoms with Gasteiger partial charge in [-0.25, -0.2) is 9.97 Å². The van der Waals surface area contributed by atoms with Gasteiger partial charge in [-0.2, -0.15) is 0 Å². The molecule has 2 aliphatic heterocycles. The van der Waals surface area contributed by atoms with Crippen LogP contribution in [0.25, 0.3) is 46.4 Å². The SMILES string of the molecule is C1=Cc2cc3ccc(cc4ccc(cc5nc(cc1n2)C=C5)[nH]4)[nH]3.[O]=[Ti]=[O]. The van der Waals surface area contributed by atoms with E-state index >= 15 is 0 Å². The molecule has 2 N–H and O–H groups in total. The van der Waals surface area contributed by atoms with Crippen molar-refractivity contribution >= 4 is 46.4 Å². The average molecular weight is 390 g/mol. The van der Waals surface area contributed by atoms with Crippen molar-refractivity contribution in [3.8, 4) is 0 Å². The van der Waals surface area contributed by atoms with Crippen LogP contribution in [-0.2, 0) is 25.7 Å². The van der Waals surface area contributed by atoms with E-state index in [9.17, 15) is 0 Å². The maximum absolute atomic E-state index is 8.50. The molecule has 7 heteroatoms. The number of aromatic amines is 2. The van der Waals surface area contributed by atoms with E-state index < -0.39 is 19.1 Å². The van der Waals surface area contributed by atoms with Crippen molar-refractivity contribution in [3.05, 3.63) is 71.3 Å². The van der Waals surface area contributed by atoms with Crippen LogP contribution in [0.4, 0.5) is 0 Å². The molecule has 0 aliphatic carbocycles. The Morgan fingerprint density at radius 2 is 0.889 bits per heavy atom. The fourth-order valence-electron chi connectivity index (χ4n) is 2.94. The summed E-state index contributed by atoms with van der Waals surface area (Å²) in [5.41, 5.74) is 7.86.